The van der Waals surface area contributed by atoms with E-state index in [2.05, 4.69) is 47.9 Å². The number of Topliss-reactive ketones (excluding diaryl/α,β-unsaturated/α-hetero) is 1. The molecule has 1 aromatic rings. The van der Waals surface area contributed by atoms with Gasteiger partial charge in [0.1, 0.15) is 5.78 Å². The van der Waals surface area contributed by atoms with Crippen molar-refractivity contribution in [2.75, 3.05) is 37.6 Å². The zero-order valence-electron chi connectivity index (χ0n) is 14.3. The Morgan fingerprint density at radius 1 is 1.05 bits per heavy atom. The molecule has 0 spiro atoms. The third kappa shape index (κ3) is 5.13. The summed E-state index contributed by atoms with van der Waals surface area (Å²) < 4.78 is 0. The van der Waals surface area contributed by atoms with E-state index in [1.54, 1.807) is 6.92 Å². The first-order valence-electron chi connectivity index (χ1n) is 8.63. The Balaban J connectivity index is 1.73. The monoisotopic (exact) mass is 302 g/mol. The van der Waals surface area contributed by atoms with Gasteiger partial charge in [0.2, 0.25) is 0 Å². The number of hydrogen-bond donors (Lipinski definition) is 0. The molecule has 22 heavy (non-hydrogen) atoms. The highest BCUT2D eigenvalue weighted by molar-refractivity contribution is 5.75. The molecule has 1 aliphatic rings. The molecule has 1 aliphatic heterocycles. The minimum atomic E-state index is 0.315. The van der Waals surface area contributed by atoms with Crippen molar-refractivity contribution in [3.05, 3.63) is 29.8 Å². The fraction of sp³-hybridized carbons (Fsp3) is 0.632. The highest BCUT2D eigenvalue weighted by Crippen LogP contribution is 2.21. The second kappa shape index (κ2) is 8.33. The molecule has 3 nitrogen and oxygen atoms in total. The van der Waals surface area contributed by atoms with Crippen molar-refractivity contribution >= 4 is 11.5 Å². The number of carbonyl (C=O) groups excluding carboxylic acids is 1. The Morgan fingerprint density at radius 2 is 1.68 bits per heavy atom. The van der Waals surface area contributed by atoms with Crippen LogP contribution in [-0.2, 0) is 4.79 Å². The summed E-state index contributed by atoms with van der Waals surface area (Å²) >= 11 is 0. The summed E-state index contributed by atoms with van der Waals surface area (Å²) in [5, 5.41) is 0. The van der Waals surface area contributed by atoms with Gasteiger partial charge in [-0.3, -0.25) is 4.90 Å². The van der Waals surface area contributed by atoms with Crippen LogP contribution in [0.2, 0.25) is 0 Å². The average molecular weight is 302 g/mol. The van der Waals surface area contributed by atoms with Crippen LogP contribution in [0, 0.1) is 0 Å². The van der Waals surface area contributed by atoms with Crippen molar-refractivity contribution in [3.8, 4) is 0 Å². The van der Waals surface area contributed by atoms with Crippen molar-refractivity contribution in [2.45, 2.75) is 46.0 Å². The topological polar surface area (TPSA) is 23.6 Å². The van der Waals surface area contributed by atoms with Crippen LogP contribution in [0.1, 0.15) is 51.5 Å². The summed E-state index contributed by atoms with van der Waals surface area (Å²) in [5.41, 5.74) is 2.76. The minimum Gasteiger partial charge on any atom is -0.369 e. The standard InChI is InChI=1S/C19H30N2O/c1-16(2)18-7-9-19(10-8-18)21-14-12-20(13-15-21)11-5-4-6-17(3)22/h7-10,16H,4-6,11-15H2,1-3H3. The molecule has 0 amide bonds. The van der Waals surface area contributed by atoms with Gasteiger partial charge in [-0.1, -0.05) is 26.0 Å². The summed E-state index contributed by atoms with van der Waals surface area (Å²) in [6.07, 6.45) is 2.91. The molecule has 1 saturated heterocycles. The van der Waals surface area contributed by atoms with Gasteiger partial charge in [-0.05, 0) is 49.9 Å². The Bertz CT molecular complexity index is 459. The van der Waals surface area contributed by atoms with Crippen LogP contribution in [0.4, 0.5) is 5.69 Å². The maximum absolute atomic E-state index is 10.9. The van der Waals surface area contributed by atoms with Gasteiger partial charge in [0.25, 0.3) is 0 Å². The van der Waals surface area contributed by atoms with Gasteiger partial charge in [0.15, 0.2) is 0 Å². The zero-order valence-corrected chi connectivity index (χ0v) is 14.3. The summed E-state index contributed by atoms with van der Waals surface area (Å²) in [6.45, 7) is 11.8. The molecule has 1 aromatic carbocycles. The van der Waals surface area contributed by atoms with Gasteiger partial charge in [0, 0.05) is 38.3 Å². The molecule has 0 aliphatic carbocycles. The Kier molecular flexibility index (Phi) is 6.44. The number of ketones is 1. The number of nitrogens with zero attached hydrogens (tertiary/aromatic N) is 2. The first-order valence-corrected chi connectivity index (χ1v) is 8.63. The third-order valence-corrected chi connectivity index (χ3v) is 4.55. The smallest absolute Gasteiger partial charge is 0.129 e. The highest BCUT2D eigenvalue weighted by Gasteiger charge is 2.16. The van der Waals surface area contributed by atoms with Crippen LogP contribution >= 0.6 is 0 Å². The maximum Gasteiger partial charge on any atom is 0.129 e. The lowest BCUT2D eigenvalue weighted by Crippen LogP contribution is -2.46. The predicted molar refractivity (Wildman–Crippen MR) is 93.7 cm³/mol. The van der Waals surface area contributed by atoms with E-state index >= 15 is 0 Å². The predicted octanol–water partition coefficient (Wildman–Crippen LogP) is 3.69. The molecule has 0 bridgehead atoms. The Morgan fingerprint density at radius 3 is 2.23 bits per heavy atom. The second-order valence-corrected chi connectivity index (χ2v) is 6.73. The first kappa shape index (κ1) is 17.0. The van der Waals surface area contributed by atoms with E-state index in [-0.39, 0.29) is 0 Å². The van der Waals surface area contributed by atoms with Crippen LogP contribution in [0.15, 0.2) is 24.3 Å². The number of hydrogen-bond acceptors (Lipinski definition) is 3. The number of anilines is 1. The lowest BCUT2D eigenvalue weighted by Gasteiger charge is -2.36. The fourth-order valence-corrected chi connectivity index (χ4v) is 3.01. The molecular weight excluding hydrogens is 272 g/mol. The largest absolute Gasteiger partial charge is 0.369 e. The molecular formula is C19H30N2O. The molecule has 0 radical (unpaired) electrons. The van der Waals surface area contributed by atoms with Crippen molar-refractivity contribution in [1.82, 2.24) is 4.90 Å². The first-order chi connectivity index (χ1) is 10.6. The van der Waals surface area contributed by atoms with E-state index in [4.69, 9.17) is 0 Å². The molecule has 3 heteroatoms. The van der Waals surface area contributed by atoms with Gasteiger partial charge in [-0.2, -0.15) is 0 Å². The van der Waals surface area contributed by atoms with E-state index in [9.17, 15) is 4.79 Å². The zero-order chi connectivity index (χ0) is 15.9. The van der Waals surface area contributed by atoms with Gasteiger partial charge >= 0.3 is 0 Å². The van der Waals surface area contributed by atoms with E-state index in [1.807, 2.05) is 0 Å². The molecule has 0 aromatic heterocycles. The lowest BCUT2D eigenvalue weighted by atomic mass is 10.0. The molecule has 0 N–H and O–H groups in total. The van der Waals surface area contributed by atoms with Crippen molar-refractivity contribution < 1.29 is 4.79 Å². The Labute approximate surface area is 135 Å². The van der Waals surface area contributed by atoms with Gasteiger partial charge in [0.05, 0.1) is 0 Å². The maximum atomic E-state index is 10.9. The van der Waals surface area contributed by atoms with Crippen molar-refractivity contribution in [2.24, 2.45) is 0 Å². The minimum absolute atomic E-state index is 0.315. The third-order valence-electron chi connectivity index (χ3n) is 4.55. The van der Waals surface area contributed by atoms with Crippen LogP contribution < -0.4 is 4.90 Å². The summed E-state index contributed by atoms with van der Waals surface area (Å²) in [5.74, 6) is 0.913. The van der Waals surface area contributed by atoms with Crippen LogP contribution in [0.3, 0.4) is 0 Å². The lowest BCUT2D eigenvalue weighted by molar-refractivity contribution is -0.117. The molecule has 0 saturated carbocycles. The highest BCUT2D eigenvalue weighted by atomic mass is 16.1. The summed E-state index contributed by atoms with van der Waals surface area (Å²) in [4.78, 5) is 15.9. The van der Waals surface area contributed by atoms with Crippen LogP contribution in [-0.4, -0.2) is 43.4 Å². The molecule has 122 valence electrons. The number of rotatable bonds is 7. The fourth-order valence-electron chi connectivity index (χ4n) is 3.01. The summed E-state index contributed by atoms with van der Waals surface area (Å²) in [7, 11) is 0. The number of carbonyl (C=O) groups is 1. The van der Waals surface area contributed by atoms with Crippen LogP contribution in [0.5, 0.6) is 0 Å². The molecule has 1 heterocycles. The second-order valence-electron chi connectivity index (χ2n) is 6.73. The van der Waals surface area contributed by atoms with E-state index in [0.717, 1.165) is 52.0 Å². The molecule has 2 rings (SSSR count). The average Bonchev–Trinajstić information content (AvgIpc) is 2.52. The number of benzene rings is 1. The van der Waals surface area contributed by atoms with Gasteiger partial charge < -0.3 is 9.69 Å². The van der Waals surface area contributed by atoms with Crippen molar-refractivity contribution in [1.29, 1.82) is 0 Å². The quantitative estimate of drug-likeness (QED) is 0.718. The van der Waals surface area contributed by atoms with Gasteiger partial charge in [-0.15, -0.1) is 0 Å². The molecule has 0 atom stereocenters. The van der Waals surface area contributed by atoms with E-state index in [0.29, 0.717) is 11.7 Å². The number of piperazine rings is 1. The van der Waals surface area contributed by atoms with Gasteiger partial charge in [-0.25, -0.2) is 0 Å². The van der Waals surface area contributed by atoms with Crippen LogP contribution in [0.25, 0.3) is 0 Å². The normalized spacial score (nSPS) is 16.3. The van der Waals surface area contributed by atoms with Crippen molar-refractivity contribution in [3.63, 3.8) is 0 Å². The Hall–Kier alpha value is -1.35. The molecule has 1 fully saturated rings. The van der Waals surface area contributed by atoms with E-state index < -0.39 is 0 Å². The summed E-state index contributed by atoms with van der Waals surface area (Å²) in [6, 6.07) is 9.04. The van der Waals surface area contributed by atoms with E-state index in [1.165, 1.54) is 11.3 Å². The SMILES string of the molecule is CC(=O)CCCCN1CCN(c2ccc(C(C)C)cc2)CC1. The number of unbranched alkanes of at least 4 members (excludes halogenated alkanes) is 1. The molecule has 0 unspecified atom stereocenters.